The molecule has 3 atom stereocenters. The van der Waals surface area contributed by atoms with Crippen LogP contribution < -0.4 is 11.5 Å². The minimum absolute atomic E-state index is 0.0524. The summed E-state index contributed by atoms with van der Waals surface area (Å²) >= 11 is 0. The van der Waals surface area contributed by atoms with Gasteiger partial charge in [-0.2, -0.15) is 0 Å². The summed E-state index contributed by atoms with van der Waals surface area (Å²) < 4.78 is 0. The van der Waals surface area contributed by atoms with Crippen LogP contribution in [0.25, 0.3) is 0 Å². The van der Waals surface area contributed by atoms with E-state index in [1.165, 1.54) is 0 Å². The third-order valence-electron chi connectivity index (χ3n) is 3.90. The summed E-state index contributed by atoms with van der Waals surface area (Å²) in [4.78, 5) is 11.4. The average Bonchev–Trinajstić information content (AvgIpc) is 2.71. The van der Waals surface area contributed by atoms with E-state index in [1.807, 2.05) is 0 Å². The molecule has 0 aliphatic heterocycles. The number of unbranched alkanes of at least 4 members (excludes halogenated alkanes) is 1. The van der Waals surface area contributed by atoms with E-state index in [9.17, 15) is 9.90 Å². The van der Waals surface area contributed by atoms with Gasteiger partial charge in [-0.15, -0.1) is 0 Å². The van der Waals surface area contributed by atoms with Crippen LogP contribution in [0, 0.1) is 5.92 Å². The lowest BCUT2D eigenvalue weighted by molar-refractivity contribution is -0.146. The predicted octanol–water partition coefficient (Wildman–Crippen LogP) is -0.461. The Bertz CT molecular complexity index is 290. The zero-order valence-electron chi connectivity index (χ0n) is 10.6. The molecule has 1 fully saturated rings. The van der Waals surface area contributed by atoms with Crippen LogP contribution in [0.4, 0.5) is 0 Å². The number of aliphatic carboxylic acids is 1. The largest absolute Gasteiger partial charge is 0.480 e. The molecule has 0 heterocycles. The van der Waals surface area contributed by atoms with Gasteiger partial charge in [-0.3, -0.25) is 4.79 Å². The molecule has 0 aromatic rings. The Morgan fingerprint density at radius 1 is 1.33 bits per heavy atom. The van der Waals surface area contributed by atoms with Gasteiger partial charge in [0.15, 0.2) is 0 Å². The molecule has 0 amide bonds. The number of hydrogen-bond donors (Lipinski definition) is 5. The Labute approximate surface area is 107 Å². The molecule has 1 rings (SSSR count). The van der Waals surface area contributed by atoms with Crippen LogP contribution in [0.2, 0.25) is 6.32 Å². The van der Waals surface area contributed by atoms with Crippen molar-refractivity contribution < 1.29 is 19.9 Å². The van der Waals surface area contributed by atoms with Gasteiger partial charge in [0.1, 0.15) is 5.54 Å². The lowest BCUT2D eigenvalue weighted by Crippen LogP contribution is -2.53. The van der Waals surface area contributed by atoms with Gasteiger partial charge in [0.25, 0.3) is 0 Å². The monoisotopic (exact) mass is 258 g/mol. The zero-order valence-corrected chi connectivity index (χ0v) is 10.6. The first kappa shape index (κ1) is 15.4. The van der Waals surface area contributed by atoms with Crippen molar-refractivity contribution in [1.29, 1.82) is 0 Å². The fourth-order valence-electron chi connectivity index (χ4n) is 2.71. The molecule has 0 radical (unpaired) electrons. The van der Waals surface area contributed by atoms with Crippen molar-refractivity contribution in [1.82, 2.24) is 0 Å². The third kappa shape index (κ3) is 3.95. The molecule has 0 unspecified atom stereocenters. The predicted molar refractivity (Wildman–Crippen MR) is 68.7 cm³/mol. The number of carboxylic acid groups (broad SMARTS) is 1. The van der Waals surface area contributed by atoms with Gasteiger partial charge in [0, 0.05) is 6.04 Å². The molecule has 0 saturated heterocycles. The second-order valence-corrected chi connectivity index (χ2v) is 5.34. The fourth-order valence-corrected chi connectivity index (χ4v) is 2.71. The molecule has 0 aromatic carbocycles. The van der Waals surface area contributed by atoms with Crippen LogP contribution >= 0.6 is 0 Å². The zero-order chi connectivity index (χ0) is 13.8. The SMILES string of the molecule is N[C@H]1CC[C@H]([C@](N)(CCCCB(O)O)C(=O)O)C1. The molecular weight excluding hydrogens is 235 g/mol. The number of carbonyl (C=O) groups is 1. The molecule has 6 nitrogen and oxygen atoms in total. The van der Waals surface area contributed by atoms with Crippen molar-refractivity contribution >= 4 is 13.1 Å². The van der Waals surface area contributed by atoms with Crippen molar-refractivity contribution in [2.24, 2.45) is 17.4 Å². The van der Waals surface area contributed by atoms with Gasteiger partial charge in [-0.1, -0.05) is 12.8 Å². The van der Waals surface area contributed by atoms with E-state index in [0.29, 0.717) is 25.7 Å². The molecule has 0 aromatic heterocycles. The normalized spacial score (nSPS) is 26.9. The van der Waals surface area contributed by atoms with Gasteiger partial charge in [0.05, 0.1) is 0 Å². The molecule has 7 N–H and O–H groups in total. The number of hydrogen-bond acceptors (Lipinski definition) is 5. The highest BCUT2D eigenvalue weighted by atomic mass is 16.4. The summed E-state index contributed by atoms with van der Waals surface area (Å²) in [6.07, 6.45) is 3.98. The summed E-state index contributed by atoms with van der Waals surface area (Å²) in [7, 11) is -1.33. The van der Waals surface area contributed by atoms with Gasteiger partial charge >= 0.3 is 13.1 Å². The highest BCUT2D eigenvalue weighted by Crippen LogP contribution is 2.35. The number of nitrogens with two attached hydrogens (primary N) is 2. The van der Waals surface area contributed by atoms with Crippen LogP contribution in [0.3, 0.4) is 0 Å². The first-order valence-electron chi connectivity index (χ1n) is 6.50. The first-order valence-corrected chi connectivity index (χ1v) is 6.50. The summed E-state index contributed by atoms with van der Waals surface area (Å²) in [6.45, 7) is 0. The summed E-state index contributed by atoms with van der Waals surface area (Å²) in [5, 5.41) is 26.8. The fraction of sp³-hybridized carbons (Fsp3) is 0.909. The minimum atomic E-state index is -1.33. The third-order valence-corrected chi connectivity index (χ3v) is 3.90. The van der Waals surface area contributed by atoms with E-state index in [4.69, 9.17) is 21.5 Å². The average molecular weight is 258 g/mol. The Kier molecular flexibility index (Phi) is 5.59. The molecule has 1 saturated carbocycles. The Morgan fingerprint density at radius 2 is 2.00 bits per heavy atom. The summed E-state index contributed by atoms with van der Waals surface area (Å²) in [6, 6.07) is 0.0524. The summed E-state index contributed by atoms with van der Waals surface area (Å²) in [5.41, 5.74) is 10.6. The van der Waals surface area contributed by atoms with Gasteiger partial charge in [0.2, 0.25) is 0 Å². The van der Waals surface area contributed by atoms with Gasteiger partial charge in [-0.25, -0.2) is 0 Å². The molecule has 0 bridgehead atoms. The van der Waals surface area contributed by atoms with E-state index in [-0.39, 0.29) is 18.3 Å². The van der Waals surface area contributed by atoms with Crippen molar-refractivity contribution in [3.63, 3.8) is 0 Å². The van der Waals surface area contributed by atoms with Crippen molar-refractivity contribution in [2.75, 3.05) is 0 Å². The molecule has 1 aliphatic carbocycles. The maximum atomic E-state index is 11.4. The highest BCUT2D eigenvalue weighted by Gasteiger charge is 2.44. The Balaban J connectivity index is 2.50. The number of rotatable bonds is 7. The molecular formula is C11H23BN2O4. The summed E-state index contributed by atoms with van der Waals surface area (Å²) in [5.74, 6) is -1.06. The van der Waals surface area contributed by atoms with Gasteiger partial charge < -0.3 is 26.6 Å². The van der Waals surface area contributed by atoms with E-state index in [2.05, 4.69) is 0 Å². The maximum Gasteiger partial charge on any atom is 0.451 e. The Morgan fingerprint density at radius 3 is 2.44 bits per heavy atom. The highest BCUT2D eigenvalue weighted by molar-refractivity contribution is 6.40. The molecule has 7 heteroatoms. The van der Waals surface area contributed by atoms with Crippen LogP contribution in [-0.2, 0) is 4.79 Å². The van der Waals surface area contributed by atoms with E-state index < -0.39 is 18.6 Å². The van der Waals surface area contributed by atoms with Gasteiger partial charge in [-0.05, 0) is 37.9 Å². The van der Waals surface area contributed by atoms with Crippen molar-refractivity contribution in [3.05, 3.63) is 0 Å². The Hall–Kier alpha value is -0.625. The molecule has 1 aliphatic rings. The molecule has 104 valence electrons. The smallest absolute Gasteiger partial charge is 0.451 e. The van der Waals surface area contributed by atoms with Crippen molar-refractivity contribution in [2.45, 2.75) is 56.4 Å². The van der Waals surface area contributed by atoms with Crippen LogP contribution in [-0.4, -0.2) is 39.8 Å². The van der Waals surface area contributed by atoms with Crippen LogP contribution in [0.15, 0.2) is 0 Å². The number of carboxylic acids is 1. The standard InChI is InChI=1S/C11H23BN2O4/c13-9-4-3-8(7-9)11(14,10(15)16)5-1-2-6-12(17)18/h8-9,17-18H,1-7,13-14H2,(H,15,16)/t8-,9-,11+/m0/s1. The first-order chi connectivity index (χ1) is 8.36. The van der Waals surface area contributed by atoms with E-state index in [1.54, 1.807) is 0 Å². The quantitative estimate of drug-likeness (QED) is 0.310. The lowest BCUT2D eigenvalue weighted by atomic mass is 9.77. The lowest BCUT2D eigenvalue weighted by Gasteiger charge is -2.31. The van der Waals surface area contributed by atoms with E-state index >= 15 is 0 Å². The van der Waals surface area contributed by atoms with Crippen molar-refractivity contribution in [3.8, 4) is 0 Å². The maximum absolute atomic E-state index is 11.4. The topological polar surface area (TPSA) is 130 Å². The molecule has 0 spiro atoms. The van der Waals surface area contributed by atoms with Crippen LogP contribution in [0.1, 0.15) is 38.5 Å². The van der Waals surface area contributed by atoms with Crippen LogP contribution in [0.5, 0.6) is 0 Å². The minimum Gasteiger partial charge on any atom is -0.480 e. The van der Waals surface area contributed by atoms with E-state index in [0.717, 1.165) is 12.8 Å². The second kappa shape index (κ2) is 6.52. The molecule has 18 heavy (non-hydrogen) atoms. The second-order valence-electron chi connectivity index (χ2n) is 5.34.